The van der Waals surface area contributed by atoms with E-state index in [4.69, 9.17) is 5.73 Å². The Labute approximate surface area is 112 Å². The van der Waals surface area contributed by atoms with Crippen LogP contribution in [0.3, 0.4) is 0 Å². The Morgan fingerprint density at radius 2 is 2.05 bits per heavy atom. The summed E-state index contributed by atoms with van der Waals surface area (Å²) in [6.07, 6.45) is 1.78. The van der Waals surface area contributed by atoms with Gasteiger partial charge in [0.1, 0.15) is 17.5 Å². The molecule has 4 N–H and O–H groups in total. The SMILES string of the molecule is C=CCNc1cc(Nc2cccc(N)c2)nc(C)n1. The van der Waals surface area contributed by atoms with E-state index >= 15 is 0 Å². The maximum atomic E-state index is 5.74. The number of nitrogens with two attached hydrogens (primary N) is 1. The van der Waals surface area contributed by atoms with Crippen LogP contribution in [0, 0.1) is 6.92 Å². The lowest BCUT2D eigenvalue weighted by Crippen LogP contribution is -2.04. The lowest BCUT2D eigenvalue weighted by atomic mass is 10.3. The molecule has 0 unspecified atom stereocenters. The van der Waals surface area contributed by atoms with Crippen molar-refractivity contribution in [1.82, 2.24) is 9.97 Å². The van der Waals surface area contributed by atoms with Gasteiger partial charge in [-0.05, 0) is 25.1 Å². The molecular weight excluding hydrogens is 238 g/mol. The second-order valence-corrected chi connectivity index (χ2v) is 4.11. The molecule has 5 nitrogen and oxygen atoms in total. The number of anilines is 4. The minimum absolute atomic E-state index is 0.661. The number of nitrogens with one attached hydrogen (secondary N) is 2. The number of nitrogen functional groups attached to an aromatic ring is 1. The second-order valence-electron chi connectivity index (χ2n) is 4.11. The molecule has 0 atom stereocenters. The average Bonchev–Trinajstić information content (AvgIpc) is 2.35. The molecule has 5 heteroatoms. The van der Waals surface area contributed by atoms with Gasteiger partial charge in [-0.25, -0.2) is 9.97 Å². The van der Waals surface area contributed by atoms with Crippen molar-refractivity contribution in [2.45, 2.75) is 6.92 Å². The molecule has 0 aliphatic carbocycles. The third-order valence-electron chi connectivity index (χ3n) is 2.42. The first kappa shape index (κ1) is 12.9. The monoisotopic (exact) mass is 255 g/mol. The fraction of sp³-hybridized carbons (Fsp3) is 0.143. The highest BCUT2D eigenvalue weighted by atomic mass is 15.1. The highest BCUT2D eigenvalue weighted by Gasteiger charge is 2.02. The van der Waals surface area contributed by atoms with Crippen molar-refractivity contribution in [2.75, 3.05) is 22.9 Å². The van der Waals surface area contributed by atoms with Crippen LogP contribution in [0.5, 0.6) is 0 Å². The molecule has 0 bridgehead atoms. The van der Waals surface area contributed by atoms with Crippen molar-refractivity contribution in [2.24, 2.45) is 0 Å². The summed E-state index contributed by atoms with van der Waals surface area (Å²) in [6.45, 7) is 6.17. The van der Waals surface area contributed by atoms with E-state index in [1.807, 2.05) is 37.3 Å². The molecule has 0 spiro atoms. The molecule has 1 heterocycles. The Kier molecular flexibility index (Phi) is 3.97. The highest BCUT2D eigenvalue weighted by Crippen LogP contribution is 2.19. The Hall–Kier alpha value is -2.56. The molecule has 1 aromatic carbocycles. The maximum absolute atomic E-state index is 5.74. The van der Waals surface area contributed by atoms with Gasteiger partial charge in [-0.1, -0.05) is 12.1 Å². The zero-order valence-corrected chi connectivity index (χ0v) is 10.9. The molecule has 0 saturated heterocycles. The Bertz CT molecular complexity index is 580. The molecule has 19 heavy (non-hydrogen) atoms. The van der Waals surface area contributed by atoms with Gasteiger partial charge < -0.3 is 16.4 Å². The zero-order valence-electron chi connectivity index (χ0n) is 10.9. The Balaban J connectivity index is 2.19. The van der Waals surface area contributed by atoms with Crippen molar-refractivity contribution in [3.8, 4) is 0 Å². The lowest BCUT2D eigenvalue weighted by Gasteiger charge is -2.09. The minimum Gasteiger partial charge on any atom is -0.399 e. The van der Waals surface area contributed by atoms with Crippen LogP contribution in [0.25, 0.3) is 0 Å². The van der Waals surface area contributed by atoms with Crippen LogP contribution in [0.4, 0.5) is 23.0 Å². The van der Waals surface area contributed by atoms with Crippen LogP contribution in [0.1, 0.15) is 5.82 Å². The molecule has 98 valence electrons. The molecule has 0 amide bonds. The molecule has 2 rings (SSSR count). The van der Waals surface area contributed by atoms with E-state index in [1.165, 1.54) is 0 Å². The predicted octanol–water partition coefficient (Wildman–Crippen LogP) is 2.71. The van der Waals surface area contributed by atoms with Gasteiger partial charge in [-0.3, -0.25) is 0 Å². The maximum Gasteiger partial charge on any atom is 0.136 e. The summed E-state index contributed by atoms with van der Waals surface area (Å²) < 4.78 is 0. The van der Waals surface area contributed by atoms with Crippen molar-refractivity contribution < 1.29 is 0 Å². The van der Waals surface area contributed by atoms with Crippen molar-refractivity contribution in [3.63, 3.8) is 0 Å². The minimum atomic E-state index is 0.661. The third-order valence-corrected chi connectivity index (χ3v) is 2.42. The molecule has 0 fully saturated rings. The van der Waals surface area contributed by atoms with Gasteiger partial charge in [0.2, 0.25) is 0 Å². The summed E-state index contributed by atoms with van der Waals surface area (Å²) in [5.41, 5.74) is 7.35. The van der Waals surface area contributed by atoms with Crippen LogP contribution >= 0.6 is 0 Å². The fourth-order valence-electron chi connectivity index (χ4n) is 1.66. The first-order valence-electron chi connectivity index (χ1n) is 6.00. The Morgan fingerprint density at radius 1 is 1.26 bits per heavy atom. The smallest absolute Gasteiger partial charge is 0.136 e. The number of benzene rings is 1. The van der Waals surface area contributed by atoms with Gasteiger partial charge in [0.15, 0.2) is 0 Å². The lowest BCUT2D eigenvalue weighted by molar-refractivity contribution is 1.05. The molecule has 0 aliphatic rings. The molecule has 1 aromatic heterocycles. The summed E-state index contributed by atoms with van der Waals surface area (Å²) >= 11 is 0. The van der Waals surface area contributed by atoms with Crippen LogP contribution in [0.2, 0.25) is 0 Å². The quantitative estimate of drug-likeness (QED) is 0.565. The summed E-state index contributed by atoms with van der Waals surface area (Å²) in [7, 11) is 0. The standard InChI is InChI=1S/C14H17N5/c1-3-7-16-13-9-14(18-10(2)17-13)19-12-6-4-5-11(15)8-12/h3-6,8-9H,1,7,15H2,2H3,(H2,16,17,18,19). The second kappa shape index (κ2) is 5.86. The largest absolute Gasteiger partial charge is 0.399 e. The third kappa shape index (κ3) is 3.70. The predicted molar refractivity (Wildman–Crippen MR) is 79.6 cm³/mol. The molecule has 0 aliphatic heterocycles. The molecule has 0 radical (unpaired) electrons. The van der Waals surface area contributed by atoms with Crippen molar-refractivity contribution >= 4 is 23.0 Å². The van der Waals surface area contributed by atoms with Gasteiger partial charge in [-0.15, -0.1) is 6.58 Å². The van der Waals surface area contributed by atoms with E-state index < -0.39 is 0 Å². The van der Waals surface area contributed by atoms with Crippen LogP contribution in [-0.2, 0) is 0 Å². The number of aryl methyl sites for hydroxylation is 1. The number of rotatable bonds is 5. The summed E-state index contributed by atoms with van der Waals surface area (Å²) in [4.78, 5) is 8.63. The first-order chi connectivity index (χ1) is 9.17. The van der Waals surface area contributed by atoms with Gasteiger partial charge in [-0.2, -0.15) is 0 Å². The van der Waals surface area contributed by atoms with Crippen LogP contribution in [-0.4, -0.2) is 16.5 Å². The van der Waals surface area contributed by atoms with E-state index in [1.54, 1.807) is 6.08 Å². The molecule has 2 aromatic rings. The van der Waals surface area contributed by atoms with Gasteiger partial charge >= 0.3 is 0 Å². The van der Waals surface area contributed by atoms with Gasteiger partial charge in [0, 0.05) is 24.0 Å². The van der Waals surface area contributed by atoms with E-state index in [0.29, 0.717) is 18.1 Å². The van der Waals surface area contributed by atoms with E-state index in [-0.39, 0.29) is 0 Å². The van der Waals surface area contributed by atoms with Gasteiger partial charge in [0.05, 0.1) is 0 Å². The summed E-state index contributed by atoms with van der Waals surface area (Å²) in [5.74, 6) is 2.18. The average molecular weight is 255 g/mol. The topological polar surface area (TPSA) is 75.9 Å². The van der Waals surface area contributed by atoms with E-state index in [9.17, 15) is 0 Å². The van der Waals surface area contributed by atoms with Crippen LogP contribution < -0.4 is 16.4 Å². The normalized spacial score (nSPS) is 9.95. The van der Waals surface area contributed by atoms with Gasteiger partial charge in [0.25, 0.3) is 0 Å². The number of aromatic nitrogens is 2. The van der Waals surface area contributed by atoms with Crippen molar-refractivity contribution in [1.29, 1.82) is 0 Å². The number of hydrogen-bond acceptors (Lipinski definition) is 5. The zero-order chi connectivity index (χ0) is 13.7. The molecular formula is C14H17N5. The fourth-order valence-corrected chi connectivity index (χ4v) is 1.66. The summed E-state index contributed by atoms with van der Waals surface area (Å²) in [6, 6.07) is 9.37. The van der Waals surface area contributed by atoms with E-state index in [2.05, 4.69) is 27.2 Å². The molecule has 0 saturated carbocycles. The van der Waals surface area contributed by atoms with Crippen molar-refractivity contribution in [3.05, 3.63) is 48.8 Å². The highest BCUT2D eigenvalue weighted by molar-refractivity contribution is 5.63. The summed E-state index contributed by atoms with van der Waals surface area (Å²) in [5, 5.41) is 6.34. The number of hydrogen-bond donors (Lipinski definition) is 3. The van der Waals surface area contributed by atoms with Crippen LogP contribution in [0.15, 0.2) is 43.0 Å². The Morgan fingerprint density at radius 3 is 2.79 bits per heavy atom. The first-order valence-corrected chi connectivity index (χ1v) is 6.00. The number of nitrogens with zero attached hydrogens (tertiary/aromatic N) is 2. The van der Waals surface area contributed by atoms with E-state index in [0.717, 1.165) is 17.3 Å².